The van der Waals surface area contributed by atoms with E-state index in [0.29, 0.717) is 0 Å². The molecule has 1 fully saturated rings. The average molecular weight is 191 g/mol. The Morgan fingerprint density at radius 1 is 1.43 bits per heavy atom. The van der Waals surface area contributed by atoms with Crippen molar-refractivity contribution in [2.45, 2.75) is 19.8 Å². The first-order chi connectivity index (χ1) is 6.79. The summed E-state index contributed by atoms with van der Waals surface area (Å²) in [4.78, 5) is 0. The quantitative estimate of drug-likeness (QED) is 0.790. The van der Waals surface area contributed by atoms with Gasteiger partial charge in [0.25, 0.3) is 0 Å². The molecule has 2 nitrogen and oxygen atoms in total. The van der Waals surface area contributed by atoms with Gasteiger partial charge in [0.15, 0.2) is 0 Å². The van der Waals surface area contributed by atoms with Crippen LogP contribution in [0.5, 0.6) is 5.75 Å². The number of methoxy groups -OCH3 is 1. The van der Waals surface area contributed by atoms with Crippen molar-refractivity contribution in [2.75, 3.05) is 19.0 Å². The zero-order chi connectivity index (χ0) is 9.97. The van der Waals surface area contributed by atoms with Crippen LogP contribution in [-0.2, 0) is 0 Å². The molecule has 1 aliphatic rings. The maximum atomic E-state index is 5.27. The molecule has 0 aliphatic heterocycles. The highest BCUT2D eigenvalue weighted by Gasteiger charge is 2.20. The summed E-state index contributed by atoms with van der Waals surface area (Å²) in [6.45, 7) is 3.16. The third-order valence-corrected chi connectivity index (χ3v) is 2.70. The zero-order valence-corrected chi connectivity index (χ0v) is 8.84. The molecule has 1 aromatic carbocycles. The van der Waals surface area contributed by atoms with Gasteiger partial charge in [0.05, 0.1) is 7.11 Å². The van der Waals surface area contributed by atoms with Crippen molar-refractivity contribution >= 4 is 5.69 Å². The van der Waals surface area contributed by atoms with Gasteiger partial charge in [0.1, 0.15) is 5.75 Å². The summed E-state index contributed by atoms with van der Waals surface area (Å²) >= 11 is 0. The molecule has 0 atom stereocenters. The molecule has 0 heterocycles. The van der Waals surface area contributed by atoms with Crippen LogP contribution in [0.4, 0.5) is 5.69 Å². The van der Waals surface area contributed by atoms with Crippen LogP contribution in [0.1, 0.15) is 18.4 Å². The third kappa shape index (κ3) is 2.19. The van der Waals surface area contributed by atoms with E-state index in [9.17, 15) is 0 Å². The topological polar surface area (TPSA) is 21.3 Å². The lowest BCUT2D eigenvalue weighted by Gasteiger charge is -2.09. The number of aryl methyl sites for hydroxylation is 1. The molecule has 1 N–H and O–H groups in total. The summed E-state index contributed by atoms with van der Waals surface area (Å²) in [5.74, 6) is 1.87. The molecule has 76 valence electrons. The lowest BCUT2D eigenvalue weighted by molar-refractivity contribution is 0.412. The van der Waals surface area contributed by atoms with Gasteiger partial charge in [-0.05, 0) is 37.3 Å². The molecule has 2 heteroatoms. The maximum Gasteiger partial charge on any atom is 0.123 e. The second-order valence-electron chi connectivity index (χ2n) is 4.01. The molecule has 0 radical (unpaired) electrons. The standard InChI is InChI=1S/C12H17NO/c1-9-3-6-11(7-12(9)14-2)13-8-10-4-5-10/h3,6-7,10,13H,4-5,8H2,1-2H3. The summed E-state index contributed by atoms with van der Waals surface area (Å²) in [5.41, 5.74) is 2.35. The molecule has 0 bridgehead atoms. The van der Waals surface area contributed by atoms with Crippen LogP contribution in [0.3, 0.4) is 0 Å². The molecule has 14 heavy (non-hydrogen) atoms. The molecule has 2 rings (SSSR count). The van der Waals surface area contributed by atoms with E-state index in [1.807, 2.05) is 0 Å². The van der Waals surface area contributed by atoms with Gasteiger partial charge in [-0.1, -0.05) is 6.07 Å². The van der Waals surface area contributed by atoms with E-state index in [1.165, 1.54) is 24.1 Å². The summed E-state index contributed by atoms with van der Waals surface area (Å²) < 4.78 is 5.27. The zero-order valence-electron chi connectivity index (χ0n) is 8.84. The van der Waals surface area contributed by atoms with Crippen LogP contribution >= 0.6 is 0 Å². The number of benzene rings is 1. The molecular weight excluding hydrogens is 174 g/mol. The molecule has 1 aliphatic carbocycles. The van der Waals surface area contributed by atoms with Crippen molar-refractivity contribution < 1.29 is 4.74 Å². The number of hydrogen-bond acceptors (Lipinski definition) is 2. The summed E-state index contributed by atoms with van der Waals surface area (Å²) in [5, 5.41) is 3.43. The minimum absolute atomic E-state index is 0.905. The predicted octanol–water partition coefficient (Wildman–Crippen LogP) is 2.83. The van der Waals surface area contributed by atoms with E-state index < -0.39 is 0 Å². The van der Waals surface area contributed by atoms with Crippen molar-refractivity contribution in [1.82, 2.24) is 0 Å². The van der Waals surface area contributed by atoms with Gasteiger partial charge in [-0.2, -0.15) is 0 Å². The maximum absolute atomic E-state index is 5.27. The smallest absolute Gasteiger partial charge is 0.123 e. The van der Waals surface area contributed by atoms with Gasteiger partial charge < -0.3 is 10.1 Å². The van der Waals surface area contributed by atoms with E-state index >= 15 is 0 Å². The van der Waals surface area contributed by atoms with E-state index in [2.05, 4.69) is 30.4 Å². The van der Waals surface area contributed by atoms with Crippen molar-refractivity contribution in [3.8, 4) is 5.75 Å². The Kier molecular flexibility index (Phi) is 2.62. The second-order valence-corrected chi connectivity index (χ2v) is 4.01. The summed E-state index contributed by atoms with van der Waals surface area (Å²) in [6, 6.07) is 6.27. The summed E-state index contributed by atoms with van der Waals surface area (Å²) in [7, 11) is 1.72. The van der Waals surface area contributed by atoms with Crippen LogP contribution in [0, 0.1) is 12.8 Å². The van der Waals surface area contributed by atoms with E-state index in [4.69, 9.17) is 4.74 Å². The highest BCUT2D eigenvalue weighted by Crippen LogP contribution is 2.29. The Bertz CT molecular complexity index is 318. The fourth-order valence-corrected chi connectivity index (χ4v) is 1.51. The van der Waals surface area contributed by atoms with Crippen LogP contribution in [0.25, 0.3) is 0 Å². The van der Waals surface area contributed by atoms with Gasteiger partial charge in [-0.3, -0.25) is 0 Å². The van der Waals surface area contributed by atoms with E-state index in [1.54, 1.807) is 7.11 Å². The van der Waals surface area contributed by atoms with Gasteiger partial charge in [0, 0.05) is 18.3 Å². The van der Waals surface area contributed by atoms with Crippen molar-refractivity contribution in [1.29, 1.82) is 0 Å². The SMILES string of the molecule is COc1cc(NCC2CC2)ccc1C. The van der Waals surface area contributed by atoms with Crippen LogP contribution in [0.15, 0.2) is 18.2 Å². The Balaban J connectivity index is 2.01. The van der Waals surface area contributed by atoms with E-state index in [0.717, 1.165) is 18.2 Å². The van der Waals surface area contributed by atoms with Crippen LogP contribution in [0.2, 0.25) is 0 Å². The third-order valence-electron chi connectivity index (χ3n) is 2.70. The first-order valence-electron chi connectivity index (χ1n) is 5.18. The minimum atomic E-state index is 0.905. The highest BCUT2D eigenvalue weighted by atomic mass is 16.5. The predicted molar refractivity (Wildman–Crippen MR) is 58.9 cm³/mol. The van der Waals surface area contributed by atoms with Gasteiger partial charge in [-0.25, -0.2) is 0 Å². The number of ether oxygens (including phenoxy) is 1. The molecule has 1 aromatic rings. The number of nitrogens with one attached hydrogen (secondary N) is 1. The Morgan fingerprint density at radius 3 is 2.86 bits per heavy atom. The summed E-state index contributed by atoms with van der Waals surface area (Å²) in [6.07, 6.45) is 2.77. The highest BCUT2D eigenvalue weighted by molar-refractivity contribution is 5.51. The first kappa shape index (κ1) is 9.38. The lowest BCUT2D eigenvalue weighted by atomic mass is 10.2. The average Bonchev–Trinajstić information content (AvgIpc) is 3.00. The lowest BCUT2D eigenvalue weighted by Crippen LogP contribution is -2.03. The molecule has 1 saturated carbocycles. The first-order valence-corrected chi connectivity index (χ1v) is 5.18. The van der Waals surface area contributed by atoms with Crippen molar-refractivity contribution in [3.63, 3.8) is 0 Å². The minimum Gasteiger partial charge on any atom is -0.496 e. The fraction of sp³-hybridized carbons (Fsp3) is 0.500. The Hall–Kier alpha value is -1.18. The number of rotatable bonds is 4. The fourth-order valence-electron chi connectivity index (χ4n) is 1.51. The number of anilines is 1. The van der Waals surface area contributed by atoms with Crippen LogP contribution in [-0.4, -0.2) is 13.7 Å². The molecule has 0 saturated heterocycles. The molecular formula is C12H17NO. The molecule has 0 aromatic heterocycles. The second kappa shape index (κ2) is 3.91. The molecule has 0 unspecified atom stereocenters. The number of hydrogen-bond donors (Lipinski definition) is 1. The largest absolute Gasteiger partial charge is 0.496 e. The van der Waals surface area contributed by atoms with Crippen molar-refractivity contribution in [3.05, 3.63) is 23.8 Å². The van der Waals surface area contributed by atoms with Gasteiger partial charge in [-0.15, -0.1) is 0 Å². The normalized spacial score (nSPS) is 15.3. The monoisotopic (exact) mass is 191 g/mol. The molecule has 0 spiro atoms. The van der Waals surface area contributed by atoms with Crippen LogP contribution < -0.4 is 10.1 Å². The Morgan fingerprint density at radius 2 is 2.21 bits per heavy atom. The van der Waals surface area contributed by atoms with Gasteiger partial charge in [0.2, 0.25) is 0 Å². The van der Waals surface area contributed by atoms with Gasteiger partial charge >= 0.3 is 0 Å². The van der Waals surface area contributed by atoms with Crippen molar-refractivity contribution in [2.24, 2.45) is 5.92 Å². The Labute approximate surface area is 85.3 Å². The molecule has 0 amide bonds. The van der Waals surface area contributed by atoms with E-state index in [-0.39, 0.29) is 0 Å².